The van der Waals surface area contributed by atoms with Crippen LogP contribution in [0.5, 0.6) is 0 Å². The number of epoxide rings is 1. The zero-order valence-corrected chi connectivity index (χ0v) is 7.31. The van der Waals surface area contributed by atoms with Crippen LogP contribution in [-0.4, -0.2) is 12.2 Å². The molecule has 0 aromatic rings. The van der Waals surface area contributed by atoms with E-state index in [9.17, 15) is 0 Å². The Morgan fingerprint density at radius 1 is 1.60 bits per heavy atom. The maximum absolute atomic E-state index is 5.31. The van der Waals surface area contributed by atoms with Gasteiger partial charge in [0, 0.05) is 0 Å². The second-order valence-corrected chi connectivity index (χ2v) is 3.84. The van der Waals surface area contributed by atoms with E-state index in [0.717, 1.165) is 12.5 Å². The van der Waals surface area contributed by atoms with E-state index in [2.05, 4.69) is 20.8 Å². The first-order valence-electron chi connectivity index (χ1n) is 4.30. The molecule has 0 N–H and O–H groups in total. The zero-order chi connectivity index (χ0) is 7.61. The highest BCUT2D eigenvalue weighted by atomic mass is 16.6. The van der Waals surface area contributed by atoms with Gasteiger partial charge in [0.05, 0.1) is 12.2 Å². The summed E-state index contributed by atoms with van der Waals surface area (Å²) in [6.07, 6.45) is 3.90. The van der Waals surface area contributed by atoms with E-state index >= 15 is 0 Å². The zero-order valence-electron chi connectivity index (χ0n) is 7.31. The predicted octanol–water partition coefficient (Wildman–Crippen LogP) is 2.60. The van der Waals surface area contributed by atoms with E-state index in [-0.39, 0.29) is 5.60 Å². The van der Waals surface area contributed by atoms with E-state index in [0.29, 0.717) is 0 Å². The Labute approximate surface area is 63.8 Å². The highest BCUT2D eigenvalue weighted by Crippen LogP contribution is 2.34. The molecule has 1 rings (SSSR count). The summed E-state index contributed by atoms with van der Waals surface area (Å²) in [7, 11) is 0. The Kier molecular flexibility index (Phi) is 2.35. The Bertz CT molecular complexity index is 105. The summed E-state index contributed by atoms with van der Waals surface area (Å²) in [5, 5.41) is 0. The van der Waals surface area contributed by atoms with Crippen molar-refractivity contribution in [1.82, 2.24) is 0 Å². The van der Waals surface area contributed by atoms with Crippen LogP contribution in [0.2, 0.25) is 0 Å². The SMILES string of the molecule is CCC[C@@H](C)C[C@]1(C)CO1. The second-order valence-electron chi connectivity index (χ2n) is 3.84. The molecule has 0 radical (unpaired) electrons. The minimum Gasteiger partial charge on any atom is -0.370 e. The molecule has 10 heavy (non-hydrogen) atoms. The van der Waals surface area contributed by atoms with Crippen LogP contribution in [0.25, 0.3) is 0 Å². The molecular weight excluding hydrogens is 124 g/mol. The molecule has 1 fully saturated rings. The number of ether oxygens (including phenoxy) is 1. The van der Waals surface area contributed by atoms with Gasteiger partial charge >= 0.3 is 0 Å². The monoisotopic (exact) mass is 142 g/mol. The van der Waals surface area contributed by atoms with Gasteiger partial charge in [0.2, 0.25) is 0 Å². The van der Waals surface area contributed by atoms with Crippen molar-refractivity contribution >= 4 is 0 Å². The summed E-state index contributed by atoms with van der Waals surface area (Å²) in [5.74, 6) is 0.845. The minimum absolute atomic E-state index is 0.272. The third-order valence-corrected chi connectivity index (χ3v) is 2.20. The van der Waals surface area contributed by atoms with Gasteiger partial charge in [-0.05, 0) is 19.3 Å². The largest absolute Gasteiger partial charge is 0.370 e. The summed E-state index contributed by atoms with van der Waals surface area (Å²) in [6.45, 7) is 7.75. The normalized spacial score (nSPS) is 33.9. The molecule has 0 spiro atoms. The van der Waals surface area contributed by atoms with Gasteiger partial charge in [-0.15, -0.1) is 0 Å². The van der Waals surface area contributed by atoms with Crippen molar-refractivity contribution in [3.05, 3.63) is 0 Å². The molecule has 60 valence electrons. The van der Waals surface area contributed by atoms with Crippen LogP contribution in [-0.2, 0) is 4.74 Å². The van der Waals surface area contributed by atoms with Gasteiger partial charge in [-0.2, -0.15) is 0 Å². The van der Waals surface area contributed by atoms with Gasteiger partial charge < -0.3 is 4.74 Å². The molecule has 2 atom stereocenters. The summed E-state index contributed by atoms with van der Waals surface area (Å²) in [5.41, 5.74) is 0.272. The molecule has 1 heterocycles. The number of hydrogen-bond acceptors (Lipinski definition) is 1. The van der Waals surface area contributed by atoms with Crippen molar-refractivity contribution in [3.8, 4) is 0 Å². The van der Waals surface area contributed by atoms with E-state index in [1.165, 1.54) is 19.3 Å². The number of hydrogen-bond donors (Lipinski definition) is 0. The van der Waals surface area contributed by atoms with E-state index in [4.69, 9.17) is 4.74 Å². The van der Waals surface area contributed by atoms with Crippen molar-refractivity contribution in [3.63, 3.8) is 0 Å². The standard InChI is InChI=1S/C9H18O/c1-4-5-8(2)6-9(3)7-10-9/h8H,4-7H2,1-3H3/t8-,9-/m1/s1. The summed E-state index contributed by atoms with van der Waals surface area (Å²) in [4.78, 5) is 0. The summed E-state index contributed by atoms with van der Waals surface area (Å²) < 4.78 is 5.31. The molecular formula is C9H18O. The average Bonchev–Trinajstić information content (AvgIpc) is 2.48. The minimum atomic E-state index is 0.272. The lowest BCUT2D eigenvalue weighted by Gasteiger charge is -2.11. The van der Waals surface area contributed by atoms with E-state index < -0.39 is 0 Å². The van der Waals surface area contributed by atoms with Gasteiger partial charge in [-0.25, -0.2) is 0 Å². The Hall–Kier alpha value is -0.0400. The molecule has 1 nitrogen and oxygen atoms in total. The summed E-state index contributed by atoms with van der Waals surface area (Å²) in [6, 6.07) is 0. The molecule has 0 unspecified atom stereocenters. The highest BCUT2D eigenvalue weighted by molar-refractivity contribution is 4.87. The fraction of sp³-hybridized carbons (Fsp3) is 1.00. The Morgan fingerprint density at radius 3 is 2.60 bits per heavy atom. The van der Waals surface area contributed by atoms with Gasteiger partial charge in [-0.1, -0.05) is 26.7 Å². The quantitative estimate of drug-likeness (QED) is 0.550. The molecule has 0 aromatic carbocycles. The molecule has 0 saturated carbocycles. The fourth-order valence-electron chi connectivity index (χ4n) is 1.57. The lowest BCUT2D eigenvalue weighted by atomic mass is 9.94. The molecule has 1 heteroatoms. The Morgan fingerprint density at radius 2 is 2.20 bits per heavy atom. The second kappa shape index (κ2) is 2.91. The fourth-order valence-corrected chi connectivity index (χ4v) is 1.57. The van der Waals surface area contributed by atoms with Crippen LogP contribution < -0.4 is 0 Å². The van der Waals surface area contributed by atoms with Crippen LogP contribution in [0, 0.1) is 5.92 Å². The van der Waals surface area contributed by atoms with Crippen molar-refractivity contribution in [2.24, 2.45) is 5.92 Å². The van der Waals surface area contributed by atoms with Crippen molar-refractivity contribution in [2.75, 3.05) is 6.61 Å². The molecule has 1 aliphatic rings. The number of rotatable bonds is 4. The first-order valence-corrected chi connectivity index (χ1v) is 4.30. The van der Waals surface area contributed by atoms with Crippen molar-refractivity contribution < 1.29 is 4.74 Å². The van der Waals surface area contributed by atoms with Crippen LogP contribution in [0.4, 0.5) is 0 Å². The average molecular weight is 142 g/mol. The first-order chi connectivity index (χ1) is 4.66. The van der Waals surface area contributed by atoms with Crippen LogP contribution in [0.1, 0.15) is 40.0 Å². The molecule has 1 aliphatic heterocycles. The van der Waals surface area contributed by atoms with E-state index in [1.807, 2.05) is 0 Å². The maximum atomic E-state index is 5.31. The third-order valence-electron chi connectivity index (χ3n) is 2.20. The molecule has 0 aliphatic carbocycles. The maximum Gasteiger partial charge on any atom is 0.0891 e. The van der Waals surface area contributed by atoms with Crippen LogP contribution in [0.3, 0.4) is 0 Å². The van der Waals surface area contributed by atoms with Crippen molar-refractivity contribution in [2.45, 2.75) is 45.6 Å². The van der Waals surface area contributed by atoms with Gasteiger partial charge in [0.15, 0.2) is 0 Å². The third kappa shape index (κ3) is 2.30. The highest BCUT2D eigenvalue weighted by Gasteiger charge is 2.39. The van der Waals surface area contributed by atoms with Crippen LogP contribution >= 0.6 is 0 Å². The molecule has 1 saturated heterocycles. The molecule has 0 bridgehead atoms. The van der Waals surface area contributed by atoms with E-state index in [1.54, 1.807) is 0 Å². The Balaban J connectivity index is 2.11. The lowest BCUT2D eigenvalue weighted by Crippen LogP contribution is -2.10. The predicted molar refractivity (Wildman–Crippen MR) is 43.0 cm³/mol. The summed E-state index contributed by atoms with van der Waals surface area (Å²) >= 11 is 0. The topological polar surface area (TPSA) is 12.5 Å². The van der Waals surface area contributed by atoms with Crippen molar-refractivity contribution in [1.29, 1.82) is 0 Å². The van der Waals surface area contributed by atoms with Gasteiger partial charge in [0.25, 0.3) is 0 Å². The molecule has 0 aromatic heterocycles. The smallest absolute Gasteiger partial charge is 0.0891 e. The van der Waals surface area contributed by atoms with Crippen LogP contribution in [0.15, 0.2) is 0 Å². The molecule has 0 amide bonds. The first kappa shape index (κ1) is 8.06. The lowest BCUT2D eigenvalue weighted by molar-refractivity contribution is 0.271. The van der Waals surface area contributed by atoms with Gasteiger partial charge in [-0.3, -0.25) is 0 Å². The van der Waals surface area contributed by atoms with Gasteiger partial charge in [0.1, 0.15) is 0 Å².